The molecule has 13 rings (SSSR count). The van der Waals surface area contributed by atoms with Crippen molar-refractivity contribution >= 4 is 17.1 Å². The van der Waals surface area contributed by atoms with Crippen LogP contribution < -0.4 is 4.90 Å². The zero-order valence-electron chi connectivity index (χ0n) is 42.3. The highest BCUT2D eigenvalue weighted by Crippen LogP contribution is 2.64. The summed E-state index contributed by atoms with van der Waals surface area (Å²) in [5.41, 5.74) is 29.7. The van der Waals surface area contributed by atoms with Crippen LogP contribution in [0.2, 0.25) is 0 Å². The molecule has 0 radical (unpaired) electrons. The predicted octanol–water partition coefficient (Wildman–Crippen LogP) is 18.4. The molecule has 342 valence electrons. The summed E-state index contributed by atoms with van der Waals surface area (Å²) < 4.78 is 0. The molecule has 1 spiro atoms. The van der Waals surface area contributed by atoms with Crippen LogP contribution in [0.1, 0.15) is 125 Å². The highest BCUT2D eigenvalue weighted by molar-refractivity contribution is 5.97. The van der Waals surface area contributed by atoms with Gasteiger partial charge >= 0.3 is 0 Å². The van der Waals surface area contributed by atoms with Crippen LogP contribution in [-0.2, 0) is 27.1 Å². The fraction of sp³-hybridized carbons (Fsp3) is 0.217. The predicted molar refractivity (Wildman–Crippen MR) is 295 cm³/mol. The summed E-state index contributed by atoms with van der Waals surface area (Å²) in [7, 11) is 0. The van der Waals surface area contributed by atoms with E-state index in [-0.39, 0.29) is 21.7 Å². The Balaban J connectivity index is 0.974. The van der Waals surface area contributed by atoms with Gasteiger partial charge < -0.3 is 4.90 Å². The summed E-state index contributed by atoms with van der Waals surface area (Å²) in [6.07, 6.45) is 0. The summed E-state index contributed by atoms with van der Waals surface area (Å²) in [6.45, 7) is 23.6. The monoisotopic (exact) mass is 903 g/mol. The number of hydrogen-bond donors (Lipinski definition) is 0. The molecule has 1 nitrogen and oxygen atoms in total. The standard InChI is InChI=1S/C69H61N/c1-65(2,3)44-26-33-55-56-34-27-45(66(4,5)6)39-64(56)69(63(55)38-44)59-22-16-13-19-51(59)54-32-25-43(37-62(54)69)42-23-28-46(29-24-42)70(47-30-35-52-49-17-11-14-20-57(49)67(7,8)60(52)40-47)48-31-36-53-50-18-12-15-21-58(50)68(9,10)61(53)41-48/h11-41H,1-10H3. The average molecular weight is 904 g/mol. The topological polar surface area (TPSA) is 3.24 Å². The van der Waals surface area contributed by atoms with Crippen molar-refractivity contribution in [3.05, 3.63) is 244 Å². The molecule has 0 aromatic heterocycles. The molecule has 4 aliphatic rings. The molecule has 0 N–H and O–H groups in total. The second kappa shape index (κ2) is 14.4. The molecule has 0 atom stereocenters. The average Bonchev–Trinajstić information content (AvgIpc) is 3.98. The van der Waals surface area contributed by atoms with Crippen LogP contribution in [0, 0.1) is 0 Å². The minimum absolute atomic E-state index is 0.00197. The molecule has 0 bridgehead atoms. The summed E-state index contributed by atoms with van der Waals surface area (Å²) in [4.78, 5) is 2.49. The fourth-order valence-corrected chi connectivity index (χ4v) is 13.2. The maximum absolute atomic E-state index is 2.55. The molecule has 0 fully saturated rings. The molecule has 0 aliphatic heterocycles. The maximum atomic E-state index is 2.55. The third-order valence-corrected chi connectivity index (χ3v) is 17.0. The number of hydrogen-bond acceptors (Lipinski definition) is 1. The van der Waals surface area contributed by atoms with Crippen molar-refractivity contribution in [1.82, 2.24) is 0 Å². The second-order valence-electron chi connectivity index (χ2n) is 23.8. The highest BCUT2D eigenvalue weighted by Gasteiger charge is 2.52. The van der Waals surface area contributed by atoms with Crippen molar-refractivity contribution in [2.24, 2.45) is 0 Å². The van der Waals surface area contributed by atoms with E-state index in [2.05, 4.69) is 262 Å². The molecular formula is C69H61N. The zero-order valence-corrected chi connectivity index (χ0v) is 42.3. The lowest BCUT2D eigenvalue weighted by molar-refractivity contribution is 0.586. The van der Waals surface area contributed by atoms with E-state index in [9.17, 15) is 0 Å². The van der Waals surface area contributed by atoms with Crippen molar-refractivity contribution < 1.29 is 0 Å². The van der Waals surface area contributed by atoms with Crippen LogP contribution >= 0.6 is 0 Å². The van der Waals surface area contributed by atoms with Gasteiger partial charge in [-0.2, -0.15) is 0 Å². The molecular weight excluding hydrogens is 843 g/mol. The van der Waals surface area contributed by atoms with Crippen LogP contribution in [0.3, 0.4) is 0 Å². The molecule has 0 unspecified atom stereocenters. The van der Waals surface area contributed by atoms with Crippen molar-refractivity contribution in [2.45, 2.75) is 96.3 Å². The Morgan fingerprint density at radius 2 is 0.629 bits per heavy atom. The summed E-state index contributed by atoms with van der Waals surface area (Å²) in [5, 5.41) is 0. The van der Waals surface area contributed by atoms with E-state index in [0.29, 0.717) is 0 Å². The molecule has 1 heteroatoms. The van der Waals surface area contributed by atoms with Gasteiger partial charge in [0.25, 0.3) is 0 Å². The van der Waals surface area contributed by atoms with Gasteiger partial charge in [-0.25, -0.2) is 0 Å². The first-order valence-electron chi connectivity index (χ1n) is 25.4. The normalized spacial score (nSPS) is 15.6. The van der Waals surface area contributed by atoms with Gasteiger partial charge in [0.1, 0.15) is 0 Å². The lowest BCUT2D eigenvalue weighted by Crippen LogP contribution is -2.27. The molecule has 0 saturated carbocycles. The Hall–Kier alpha value is -7.22. The largest absolute Gasteiger partial charge is 0.310 e. The van der Waals surface area contributed by atoms with E-state index in [1.54, 1.807) is 0 Å². The van der Waals surface area contributed by atoms with E-state index in [1.165, 1.54) is 123 Å². The van der Waals surface area contributed by atoms with Crippen LogP contribution in [0.25, 0.3) is 55.6 Å². The third kappa shape index (κ3) is 5.84. The Labute approximate surface area is 415 Å². The van der Waals surface area contributed by atoms with Gasteiger partial charge in [0.2, 0.25) is 0 Å². The molecule has 70 heavy (non-hydrogen) atoms. The SMILES string of the molecule is CC(C)(C)c1ccc2c(c1)C1(c3ccccc3-c3ccc(-c4ccc(N(c5ccc6c(c5)C(C)(C)c5ccccc5-6)c5ccc6c(c5)C(C)(C)c5ccccc5-6)cc4)cc31)c1cc(C(C)(C)C)ccc1-2. The van der Waals surface area contributed by atoms with Crippen LogP contribution in [-0.4, -0.2) is 0 Å². The van der Waals surface area contributed by atoms with Gasteiger partial charge in [-0.15, -0.1) is 0 Å². The van der Waals surface area contributed by atoms with Crippen molar-refractivity contribution in [3.8, 4) is 55.6 Å². The van der Waals surface area contributed by atoms with Crippen molar-refractivity contribution in [3.63, 3.8) is 0 Å². The lowest BCUT2D eigenvalue weighted by Gasteiger charge is -2.33. The first-order chi connectivity index (χ1) is 33.5. The van der Waals surface area contributed by atoms with Gasteiger partial charge in [-0.05, 0) is 165 Å². The number of nitrogens with zero attached hydrogens (tertiary/aromatic N) is 1. The van der Waals surface area contributed by atoms with E-state index in [4.69, 9.17) is 0 Å². The number of benzene rings is 9. The van der Waals surface area contributed by atoms with E-state index >= 15 is 0 Å². The molecule has 0 amide bonds. The molecule has 0 heterocycles. The van der Waals surface area contributed by atoms with E-state index < -0.39 is 5.41 Å². The number of rotatable bonds is 4. The van der Waals surface area contributed by atoms with Gasteiger partial charge in [0.05, 0.1) is 5.41 Å². The number of fused-ring (bicyclic) bond motifs is 16. The summed E-state index contributed by atoms with van der Waals surface area (Å²) in [6, 6.07) is 72.8. The van der Waals surface area contributed by atoms with Gasteiger partial charge in [-0.1, -0.05) is 215 Å². The quantitative estimate of drug-likeness (QED) is 0.170. The summed E-state index contributed by atoms with van der Waals surface area (Å²) in [5.74, 6) is 0. The van der Waals surface area contributed by atoms with Gasteiger partial charge in [-0.3, -0.25) is 0 Å². The fourth-order valence-electron chi connectivity index (χ4n) is 13.2. The lowest BCUT2D eigenvalue weighted by atomic mass is 9.68. The van der Waals surface area contributed by atoms with Crippen LogP contribution in [0.5, 0.6) is 0 Å². The Morgan fingerprint density at radius 1 is 0.286 bits per heavy atom. The van der Waals surface area contributed by atoms with Gasteiger partial charge in [0, 0.05) is 27.9 Å². The molecule has 9 aromatic rings. The van der Waals surface area contributed by atoms with Crippen LogP contribution in [0.15, 0.2) is 188 Å². The maximum Gasteiger partial charge on any atom is 0.0725 e. The Morgan fingerprint density at radius 3 is 1.10 bits per heavy atom. The first-order valence-corrected chi connectivity index (χ1v) is 25.4. The Kier molecular flexibility index (Phi) is 8.83. The molecule has 4 aliphatic carbocycles. The van der Waals surface area contributed by atoms with Crippen molar-refractivity contribution in [1.29, 1.82) is 0 Å². The number of anilines is 3. The molecule has 9 aromatic carbocycles. The smallest absolute Gasteiger partial charge is 0.0725 e. The van der Waals surface area contributed by atoms with E-state index in [0.717, 1.165) is 5.69 Å². The Bertz CT molecular complexity index is 3500. The first kappa shape index (κ1) is 42.8. The minimum Gasteiger partial charge on any atom is -0.310 e. The van der Waals surface area contributed by atoms with E-state index in [1.807, 2.05) is 0 Å². The third-order valence-electron chi connectivity index (χ3n) is 17.0. The molecule has 0 saturated heterocycles. The summed E-state index contributed by atoms with van der Waals surface area (Å²) >= 11 is 0. The highest BCUT2D eigenvalue weighted by atomic mass is 15.1. The minimum atomic E-state index is -0.451. The second-order valence-corrected chi connectivity index (χ2v) is 23.8. The van der Waals surface area contributed by atoms with Crippen LogP contribution in [0.4, 0.5) is 17.1 Å². The van der Waals surface area contributed by atoms with Crippen molar-refractivity contribution in [2.75, 3.05) is 4.90 Å². The van der Waals surface area contributed by atoms with Gasteiger partial charge in [0.15, 0.2) is 0 Å². The zero-order chi connectivity index (χ0) is 48.3.